The molecule has 0 bridgehead atoms. The summed E-state index contributed by atoms with van der Waals surface area (Å²) >= 11 is 1.66. The molecule has 1 saturated heterocycles. The van der Waals surface area contributed by atoms with Crippen molar-refractivity contribution in [3.8, 4) is 11.3 Å². The van der Waals surface area contributed by atoms with Crippen molar-refractivity contribution in [2.45, 2.75) is 32.9 Å². The smallest absolute Gasteiger partial charge is 0.266 e. The molecule has 0 radical (unpaired) electrons. The van der Waals surface area contributed by atoms with Gasteiger partial charge in [-0.1, -0.05) is 0 Å². The Hall–Kier alpha value is -2.45. The minimum atomic E-state index is -0.0421. The van der Waals surface area contributed by atoms with Gasteiger partial charge in [-0.05, 0) is 57.0 Å². The number of rotatable bonds is 5. The van der Waals surface area contributed by atoms with Gasteiger partial charge in [0.15, 0.2) is 0 Å². The fraction of sp³-hybridized carbons (Fsp3) is 0.421. The zero-order valence-electron chi connectivity index (χ0n) is 15.3. The van der Waals surface area contributed by atoms with Gasteiger partial charge in [-0.15, -0.1) is 21.5 Å². The second-order valence-electron chi connectivity index (χ2n) is 6.91. The average Bonchev–Trinajstić information content (AvgIpc) is 3.10. The fourth-order valence-electron chi connectivity index (χ4n) is 3.42. The summed E-state index contributed by atoms with van der Waals surface area (Å²) in [4.78, 5) is 18.7. The second kappa shape index (κ2) is 8.06. The molecule has 1 fully saturated rings. The molecule has 0 amide bonds. The zero-order chi connectivity index (χ0) is 18.6. The third-order valence-corrected chi connectivity index (χ3v) is 5.73. The maximum absolute atomic E-state index is 12.2. The summed E-state index contributed by atoms with van der Waals surface area (Å²) in [5.74, 6) is 0.468. The van der Waals surface area contributed by atoms with E-state index in [4.69, 9.17) is 0 Å². The van der Waals surface area contributed by atoms with E-state index in [2.05, 4.69) is 25.2 Å². The molecule has 1 aliphatic heterocycles. The van der Waals surface area contributed by atoms with Crippen molar-refractivity contribution in [1.82, 2.24) is 29.9 Å². The van der Waals surface area contributed by atoms with E-state index in [1.54, 1.807) is 40.5 Å². The summed E-state index contributed by atoms with van der Waals surface area (Å²) in [6, 6.07) is 7.20. The molecule has 4 rings (SSSR count). The van der Waals surface area contributed by atoms with Gasteiger partial charge in [0, 0.05) is 30.6 Å². The molecule has 0 spiro atoms. The lowest BCUT2D eigenvalue weighted by molar-refractivity contribution is 0.163. The van der Waals surface area contributed by atoms with E-state index in [1.807, 2.05) is 19.1 Å². The van der Waals surface area contributed by atoms with Crippen LogP contribution in [0.5, 0.6) is 0 Å². The molecule has 3 aromatic heterocycles. The molecule has 4 heterocycles. The fourth-order valence-corrected chi connectivity index (χ4v) is 4.17. The number of pyridine rings is 1. The highest BCUT2D eigenvalue weighted by atomic mass is 32.1. The van der Waals surface area contributed by atoms with Gasteiger partial charge in [0.25, 0.3) is 5.56 Å². The van der Waals surface area contributed by atoms with Crippen LogP contribution in [0.2, 0.25) is 0 Å². The van der Waals surface area contributed by atoms with E-state index in [0.29, 0.717) is 12.5 Å². The van der Waals surface area contributed by atoms with Crippen molar-refractivity contribution in [1.29, 1.82) is 0 Å². The Labute approximate surface area is 161 Å². The summed E-state index contributed by atoms with van der Waals surface area (Å²) in [5, 5.41) is 15.0. The van der Waals surface area contributed by atoms with Crippen LogP contribution in [0.4, 0.5) is 0 Å². The first-order valence-electron chi connectivity index (χ1n) is 9.17. The predicted octanol–water partition coefficient (Wildman–Crippen LogP) is 2.38. The molecule has 8 heteroatoms. The molecular formula is C19H22N6OS. The highest BCUT2D eigenvalue weighted by Crippen LogP contribution is 2.21. The van der Waals surface area contributed by atoms with Crippen LogP contribution >= 0.6 is 11.3 Å². The normalized spacial score (nSPS) is 15.9. The largest absolute Gasteiger partial charge is 0.297 e. The van der Waals surface area contributed by atoms with Crippen molar-refractivity contribution in [3.05, 3.63) is 57.0 Å². The molecular weight excluding hydrogens is 360 g/mol. The van der Waals surface area contributed by atoms with Crippen molar-refractivity contribution >= 4 is 11.3 Å². The number of nitrogens with zero attached hydrogens (tertiary/aromatic N) is 6. The maximum atomic E-state index is 12.2. The minimum absolute atomic E-state index is 0.0421. The van der Waals surface area contributed by atoms with Crippen LogP contribution in [0.3, 0.4) is 0 Å². The van der Waals surface area contributed by atoms with Gasteiger partial charge < -0.3 is 0 Å². The third kappa shape index (κ3) is 4.45. The minimum Gasteiger partial charge on any atom is -0.297 e. The molecule has 140 valence electrons. The van der Waals surface area contributed by atoms with Crippen LogP contribution in [-0.4, -0.2) is 43.0 Å². The van der Waals surface area contributed by atoms with E-state index < -0.39 is 0 Å². The number of hydrogen-bond donors (Lipinski definition) is 0. The first-order valence-corrected chi connectivity index (χ1v) is 9.99. The summed E-state index contributed by atoms with van der Waals surface area (Å²) in [7, 11) is 0. The number of hydrogen-bond acceptors (Lipinski definition) is 7. The third-order valence-electron chi connectivity index (χ3n) is 4.91. The van der Waals surface area contributed by atoms with Crippen molar-refractivity contribution in [3.63, 3.8) is 0 Å². The summed E-state index contributed by atoms with van der Waals surface area (Å²) in [5.41, 5.74) is 1.74. The molecule has 7 nitrogen and oxygen atoms in total. The van der Waals surface area contributed by atoms with Gasteiger partial charge in [-0.25, -0.2) is 4.68 Å². The number of aryl methyl sites for hydroxylation is 1. The standard InChI is InChI=1S/C19H22N6OS/c1-14-21-22-18(27-14)13-24-10-6-15(7-11-24)12-25-19(26)3-2-17(23-25)16-4-8-20-9-5-16/h2-5,8-9,15H,6-7,10-13H2,1H3. The SMILES string of the molecule is Cc1nnc(CN2CCC(Cn3nc(-c4ccncc4)ccc3=O)CC2)s1. The van der Waals surface area contributed by atoms with Crippen LogP contribution in [-0.2, 0) is 13.1 Å². The summed E-state index contributed by atoms with van der Waals surface area (Å²) in [6.45, 7) is 5.56. The monoisotopic (exact) mass is 382 g/mol. The molecule has 1 aliphatic rings. The van der Waals surface area contributed by atoms with Crippen molar-refractivity contribution in [2.24, 2.45) is 5.92 Å². The van der Waals surface area contributed by atoms with Gasteiger partial charge in [0.05, 0.1) is 12.2 Å². The summed E-state index contributed by atoms with van der Waals surface area (Å²) in [6.07, 6.45) is 5.60. The lowest BCUT2D eigenvalue weighted by Crippen LogP contribution is -2.36. The van der Waals surface area contributed by atoms with Crippen LogP contribution in [0.1, 0.15) is 22.9 Å². The number of piperidine rings is 1. The molecule has 0 atom stereocenters. The molecule has 0 unspecified atom stereocenters. The Balaban J connectivity index is 1.38. The first kappa shape index (κ1) is 17.9. The van der Waals surface area contributed by atoms with E-state index in [0.717, 1.165) is 53.7 Å². The second-order valence-corrected chi connectivity index (χ2v) is 8.18. The van der Waals surface area contributed by atoms with Crippen LogP contribution < -0.4 is 5.56 Å². The number of aromatic nitrogens is 5. The topological polar surface area (TPSA) is 76.8 Å². The van der Waals surface area contributed by atoms with E-state index >= 15 is 0 Å². The van der Waals surface area contributed by atoms with Gasteiger partial charge in [-0.2, -0.15) is 5.10 Å². The van der Waals surface area contributed by atoms with Gasteiger partial charge in [0.2, 0.25) is 0 Å². The molecule has 3 aromatic rings. The number of likely N-dealkylation sites (tertiary alicyclic amines) is 1. The van der Waals surface area contributed by atoms with E-state index in [-0.39, 0.29) is 5.56 Å². The van der Waals surface area contributed by atoms with Gasteiger partial charge in [0.1, 0.15) is 10.0 Å². The Kier molecular flexibility index (Phi) is 5.35. The lowest BCUT2D eigenvalue weighted by atomic mass is 9.97. The predicted molar refractivity (Wildman–Crippen MR) is 104 cm³/mol. The molecule has 0 aromatic carbocycles. The Bertz CT molecular complexity index is 946. The van der Waals surface area contributed by atoms with Crippen LogP contribution in [0.15, 0.2) is 41.5 Å². The van der Waals surface area contributed by atoms with Gasteiger partial charge in [-0.3, -0.25) is 14.7 Å². The van der Waals surface area contributed by atoms with Crippen LogP contribution in [0.25, 0.3) is 11.3 Å². The Morgan fingerprint density at radius 2 is 1.89 bits per heavy atom. The maximum Gasteiger partial charge on any atom is 0.266 e. The quantitative estimate of drug-likeness (QED) is 0.674. The Morgan fingerprint density at radius 3 is 2.59 bits per heavy atom. The van der Waals surface area contributed by atoms with Crippen molar-refractivity contribution < 1.29 is 0 Å². The average molecular weight is 382 g/mol. The molecule has 0 saturated carbocycles. The van der Waals surface area contributed by atoms with Gasteiger partial charge >= 0.3 is 0 Å². The summed E-state index contributed by atoms with van der Waals surface area (Å²) < 4.78 is 1.62. The van der Waals surface area contributed by atoms with E-state index in [9.17, 15) is 4.79 Å². The Morgan fingerprint density at radius 1 is 1.11 bits per heavy atom. The lowest BCUT2D eigenvalue weighted by Gasteiger charge is -2.31. The molecule has 0 N–H and O–H groups in total. The molecule has 27 heavy (non-hydrogen) atoms. The highest BCUT2D eigenvalue weighted by Gasteiger charge is 2.21. The zero-order valence-corrected chi connectivity index (χ0v) is 16.1. The first-order chi connectivity index (χ1) is 13.2. The van der Waals surface area contributed by atoms with E-state index in [1.165, 1.54) is 0 Å². The van der Waals surface area contributed by atoms with Crippen molar-refractivity contribution in [2.75, 3.05) is 13.1 Å². The van der Waals surface area contributed by atoms with Crippen LogP contribution in [0, 0.1) is 12.8 Å². The highest BCUT2D eigenvalue weighted by molar-refractivity contribution is 7.11. The molecule has 0 aliphatic carbocycles.